The molecule has 1 aromatic rings. The van der Waals surface area contributed by atoms with Gasteiger partial charge in [0.05, 0.1) is 27.9 Å². The third-order valence-corrected chi connectivity index (χ3v) is 4.66. The van der Waals surface area contributed by atoms with Crippen molar-refractivity contribution in [3.63, 3.8) is 0 Å². The van der Waals surface area contributed by atoms with Crippen LogP contribution in [0.25, 0.3) is 0 Å². The molecule has 0 amide bonds. The number of rotatable bonds is 9. The quantitative estimate of drug-likeness (QED) is 0.305. The lowest BCUT2D eigenvalue weighted by molar-refractivity contribution is 0.232. The lowest BCUT2D eigenvalue weighted by atomic mass is 10.1. The van der Waals surface area contributed by atoms with Crippen LogP contribution in [-0.4, -0.2) is 64.9 Å². The molecule has 1 saturated heterocycles. The summed E-state index contributed by atoms with van der Waals surface area (Å²) in [6.07, 6.45) is 3.99. The normalized spacial score (nSPS) is 14.8. The zero-order chi connectivity index (χ0) is 19.5. The van der Waals surface area contributed by atoms with Crippen molar-refractivity contribution in [2.75, 3.05) is 54.1 Å². The lowest BCUT2D eigenvalue weighted by Crippen LogP contribution is -2.42. The van der Waals surface area contributed by atoms with E-state index in [1.807, 2.05) is 12.1 Å². The predicted molar refractivity (Wildman–Crippen MR) is 125 cm³/mol. The maximum atomic E-state index is 5.42. The molecule has 0 spiro atoms. The minimum absolute atomic E-state index is 0. The summed E-state index contributed by atoms with van der Waals surface area (Å²) in [7, 11) is 4.85. The molecule has 1 aromatic carbocycles. The molecule has 1 heterocycles. The van der Waals surface area contributed by atoms with Gasteiger partial charge in [0.2, 0.25) is 5.75 Å². The Morgan fingerprint density at radius 3 is 2.18 bits per heavy atom. The number of aliphatic imine (C=N–C) groups is 1. The van der Waals surface area contributed by atoms with Gasteiger partial charge in [-0.15, -0.1) is 24.0 Å². The summed E-state index contributed by atoms with van der Waals surface area (Å²) in [5.74, 6) is 2.71. The third-order valence-electron chi connectivity index (χ3n) is 4.66. The Labute approximate surface area is 186 Å². The second-order valence-corrected chi connectivity index (χ2v) is 6.56. The number of piperidine rings is 1. The Balaban J connectivity index is 0.00000392. The van der Waals surface area contributed by atoms with Crippen LogP contribution in [0.15, 0.2) is 17.1 Å². The SMILES string of the molecule is CCNC(=NCc1cc(OC)c(OC)c(OC)c1)NCCN1CCCCC1.I. The molecule has 8 heteroatoms. The van der Waals surface area contributed by atoms with Gasteiger partial charge in [-0.2, -0.15) is 0 Å². The van der Waals surface area contributed by atoms with Gasteiger partial charge in [0.15, 0.2) is 17.5 Å². The van der Waals surface area contributed by atoms with E-state index in [2.05, 4.69) is 22.5 Å². The zero-order valence-corrected chi connectivity index (χ0v) is 19.9. The van der Waals surface area contributed by atoms with Crippen LogP contribution in [0.4, 0.5) is 0 Å². The number of hydrogen-bond acceptors (Lipinski definition) is 5. The Kier molecular flexibility index (Phi) is 12.1. The molecule has 28 heavy (non-hydrogen) atoms. The van der Waals surface area contributed by atoms with Crippen molar-refractivity contribution in [2.45, 2.75) is 32.7 Å². The number of ether oxygens (including phenoxy) is 3. The highest BCUT2D eigenvalue weighted by Crippen LogP contribution is 2.38. The van der Waals surface area contributed by atoms with E-state index in [4.69, 9.17) is 19.2 Å². The molecule has 0 radical (unpaired) electrons. The number of guanidine groups is 1. The average molecular weight is 506 g/mol. The van der Waals surface area contributed by atoms with Crippen molar-refractivity contribution in [1.29, 1.82) is 0 Å². The van der Waals surface area contributed by atoms with E-state index >= 15 is 0 Å². The number of likely N-dealkylation sites (tertiary alicyclic amines) is 1. The van der Waals surface area contributed by atoms with E-state index in [1.54, 1.807) is 21.3 Å². The summed E-state index contributed by atoms with van der Waals surface area (Å²) < 4.78 is 16.2. The molecule has 2 rings (SSSR count). The Bertz CT molecular complexity index is 582. The van der Waals surface area contributed by atoms with Crippen molar-refractivity contribution < 1.29 is 14.2 Å². The summed E-state index contributed by atoms with van der Waals surface area (Å²) in [5.41, 5.74) is 0.998. The largest absolute Gasteiger partial charge is 0.493 e. The fraction of sp³-hybridized carbons (Fsp3) is 0.650. The highest BCUT2D eigenvalue weighted by Gasteiger charge is 2.13. The Morgan fingerprint density at radius 2 is 1.64 bits per heavy atom. The second kappa shape index (κ2) is 13.7. The van der Waals surface area contributed by atoms with E-state index < -0.39 is 0 Å². The molecule has 0 atom stereocenters. The van der Waals surface area contributed by atoms with Crippen molar-refractivity contribution in [2.24, 2.45) is 4.99 Å². The topological polar surface area (TPSA) is 67.4 Å². The van der Waals surface area contributed by atoms with E-state index in [9.17, 15) is 0 Å². The molecular weight excluding hydrogens is 471 g/mol. The molecule has 2 N–H and O–H groups in total. The summed E-state index contributed by atoms with van der Waals surface area (Å²) in [4.78, 5) is 7.21. The van der Waals surface area contributed by atoms with Gasteiger partial charge >= 0.3 is 0 Å². The van der Waals surface area contributed by atoms with Crippen LogP contribution in [0.5, 0.6) is 17.2 Å². The third kappa shape index (κ3) is 7.54. The first-order chi connectivity index (χ1) is 13.2. The van der Waals surface area contributed by atoms with Crippen molar-refractivity contribution >= 4 is 29.9 Å². The van der Waals surface area contributed by atoms with Crippen molar-refractivity contribution in [3.05, 3.63) is 17.7 Å². The number of benzene rings is 1. The van der Waals surface area contributed by atoms with Gasteiger partial charge < -0.3 is 29.7 Å². The molecule has 0 aromatic heterocycles. The first-order valence-electron chi connectivity index (χ1n) is 9.75. The van der Waals surface area contributed by atoms with Crippen LogP contribution in [0, 0.1) is 0 Å². The van der Waals surface area contributed by atoms with Gasteiger partial charge in [-0.25, -0.2) is 4.99 Å². The minimum Gasteiger partial charge on any atom is -0.493 e. The van der Waals surface area contributed by atoms with Gasteiger partial charge in [0, 0.05) is 19.6 Å². The van der Waals surface area contributed by atoms with Gasteiger partial charge in [0.25, 0.3) is 0 Å². The summed E-state index contributed by atoms with van der Waals surface area (Å²) in [6.45, 7) is 7.78. The summed E-state index contributed by atoms with van der Waals surface area (Å²) in [6, 6.07) is 3.87. The fourth-order valence-corrected chi connectivity index (χ4v) is 3.25. The molecule has 0 bridgehead atoms. The molecule has 160 valence electrons. The fourth-order valence-electron chi connectivity index (χ4n) is 3.25. The van der Waals surface area contributed by atoms with Crippen LogP contribution < -0.4 is 24.8 Å². The molecule has 1 aliphatic heterocycles. The first-order valence-corrected chi connectivity index (χ1v) is 9.75. The van der Waals surface area contributed by atoms with Crippen molar-refractivity contribution in [1.82, 2.24) is 15.5 Å². The molecule has 1 fully saturated rings. The average Bonchev–Trinajstić information content (AvgIpc) is 2.71. The van der Waals surface area contributed by atoms with E-state index in [0.717, 1.165) is 31.2 Å². The second-order valence-electron chi connectivity index (χ2n) is 6.56. The van der Waals surface area contributed by atoms with Gasteiger partial charge in [-0.05, 0) is 50.6 Å². The van der Waals surface area contributed by atoms with E-state index in [-0.39, 0.29) is 24.0 Å². The first kappa shape index (κ1) is 24.6. The van der Waals surface area contributed by atoms with Crippen LogP contribution >= 0.6 is 24.0 Å². The highest BCUT2D eigenvalue weighted by atomic mass is 127. The van der Waals surface area contributed by atoms with Gasteiger partial charge in [-0.1, -0.05) is 6.42 Å². The van der Waals surface area contributed by atoms with Gasteiger partial charge in [-0.3, -0.25) is 0 Å². The lowest BCUT2D eigenvalue weighted by Gasteiger charge is -2.26. The van der Waals surface area contributed by atoms with Crippen LogP contribution in [0.2, 0.25) is 0 Å². The standard InChI is InChI=1S/C20H34N4O3.HI/c1-5-21-20(22-9-12-24-10-7-6-8-11-24)23-15-16-13-17(25-2)19(27-4)18(14-16)26-3;/h13-14H,5-12,15H2,1-4H3,(H2,21,22,23);1H. The summed E-state index contributed by atoms with van der Waals surface area (Å²) in [5, 5.41) is 6.73. The Hall–Kier alpha value is -1.42. The maximum absolute atomic E-state index is 5.42. The highest BCUT2D eigenvalue weighted by molar-refractivity contribution is 14.0. The molecule has 1 aliphatic rings. The number of hydrogen-bond donors (Lipinski definition) is 2. The molecule has 7 nitrogen and oxygen atoms in total. The maximum Gasteiger partial charge on any atom is 0.203 e. The summed E-state index contributed by atoms with van der Waals surface area (Å²) >= 11 is 0. The predicted octanol–water partition coefficient (Wildman–Crippen LogP) is 2.87. The molecule has 0 aliphatic carbocycles. The van der Waals surface area contributed by atoms with E-state index in [0.29, 0.717) is 23.8 Å². The smallest absolute Gasteiger partial charge is 0.203 e. The van der Waals surface area contributed by atoms with Crippen LogP contribution in [-0.2, 0) is 6.54 Å². The minimum atomic E-state index is 0. The Morgan fingerprint density at radius 1 is 1.00 bits per heavy atom. The molecule has 0 unspecified atom stereocenters. The number of nitrogens with one attached hydrogen (secondary N) is 2. The molecular formula is C20H35IN4O3. The van der Waals surface area contributed by atoms with Crippen LogP contribution in [0.1, 0.15) is 31.7 Å². The van der Waals surface area contributed by atoms with Gasteiger partial charge in [0.1, 0.15) is 0 Å². The number of halogens is 1. The van der Waals surface area contributed by atoms with Crippen LogP contribution in [0.3, 0.4) is 0 Å². The number of nitrogens with zero attached hydrogens (tertiary/aromatic N) is 2. The number of methoxy groups -OCH3 is 3. The van der Waals surface area contributed by atoms with E-state index in [1.165, 1.54) is 32.4 Å². The zero-order valence-electron chi connectivity index (χ0n) is 17.5. The monoisotopic (exact) mass is 506 g/mol. The van der Waals surface area contributed by atoms with Crippen molar-refractivity contribution in [3.8, 4) is 17.2 Å². The molecule has 0 saturated carbocycles.